The van der Waals surface area contributed by atoms with Crippen LogP contribution in [-0.4, -0.2) is 32.1 Å². The van der Waals surface area contributed by atoms with Crippen LogP contribution in [-0.2, 0) is 4.74 Å². The van der Waals surface area contributed by atoms with Crippen LogP contribution in [0.1, 0.15) is 33.2 Å². The van der Waals surface area contributed by atoms with Crippen molar-refractivity contribution in [3.63, 3.8) is 0 Å². The Labute approximate surface area is 141 Å². The number of ketones is 1. The Morgan fingerprint density at radius 3 is 2.21 bits per heavy atom. The van der Waals surface area contributed by atoms with Crippen molar-refractivity contribution in [3.05, 3.63) is 59.2 Å². The highest BCUT2D eigenvalue weighted by molar-refractivity contribution is 6.02. The minimum Gasteiger partial charge on any atom is -0.493 e. The number of carbonyl (C=O) groups is 2. The Morgan fingerprint density at radius 2 is 1.62 bits per heavy atom. The molecule has 0 amide bonds. The normalized spacial score (nSPS) is 11.5. The summed E-state index contributed by atoms with van der Waals surface area (Å²) in [5.74, 6) is -0.201. The van der Waals surface area contributed by atoms with Crippen LogP contribution >= 0.6 is 0 Å². The Hall–Kier alpha value is -2.82. The number of esters is 1. The van der Waals surface area contributed by atoms with Gasteiger partial charge >= 0.3 is 5.97 Å². The topological polar surface area (TPSA) is 61.8 Å². The molecule has 2 rings (SSSR count). The van der Waals surface area contributed by atoms with E-state index in [-0.39, 0.29) is 17.1 Å². The number of para-hydroxylation sites is 1. The lowest BCUT2D eigenvalue weighted by Gasteiger charge is -2.15. The maximum Gasteiger partial charge on any atom is 0.342 e. The summed E-state index contributed by atoms with van der Waals surface area (Å²) >= 11 is 0. The van der Waals surface area contributed by atoms with Crippen LogP contribution in [0.3, 0.4) is 0 Å². The Bertz CT molecular complexity index is 734. The average Bonchev–Trinajstić information content (AvgIpc) is 2.60. The van der Waals surface area contributed by atoms with E-state index in [1.165, 1.54) is 14.2 Å². The van der Waals surface area contributed by atoms with Gasteiger partial charge in [0.1, 0.15) is 5.56 Å². The van der Waals surface area contributed by atoms with Crippen LogP contribution < -0.4 is 9.47 Å². The first-order valence-corrected chi connectivity index (χ1v) is 7.50. The molecule has 1 atom stereocenters. The van der Waals surface area contributed by atoms with Crippen molar-refractivity contribution in [3.8, 4) is 11.5 Å². The number of hydrogen-bond donors (Lipinski definition) is 0. The highest BCUT2D eigenvalue weighted by Crippen LogP contribution is 2.31. The maximum absolute atomic E-state index is 12.4. The van der Waals surface area contributed by atoms with Crippen LogP contribution in [0, 0.1) is 6.92 Å². The van der Waals surface area contributed by atoms with E-state index < -0.39 is 12.1 Å². The molecule has 0 heterocycles. The van der Waals surface area contributed by atoms with E-state index in [9.17, 15) is 9.59 Å². The summed E-state index contributed by atoms with van der Waals surface area (Å²) in [6, 6.07) is 12.0. The van der Waals surface area contributed by atoms with Gasteiger partial charge in [0, 0.05) is 5.56 Å². The van der Waals surface area contributed by atoms with Crippen molar-refractivity contribution < 1.29 is 23.8 Å². The molecule has 0 radical (unpaired) electrons. The quantitative estimate of drug-likeness (QED) is 0.600. The molecule has 5 nitrogen and oxygen atoms in total. The highest BCUT2D eigenvalue weighted by atomic mass is 16.6. The van der Waals surface area contributed by atoms with E-state index in [1.807, 2.05) is 19.1 Å². The maximum atomic E-state index is 12.4. The first-order valence-electron chi connectivity index (χ1n) is 7.50. The van der Waals surface area contributed by atoms with Gasteiger partial charge in [-0.2, -0.15) is 0 Å². The van der Waals surface area contributed by atoms with Gasteiger partial charge in [0.05, 0.1) is 14.2 Å². The smallest absolute Gasteiger partial charge is 0.342 e. The third kappa shape index (κ3) is 3.74. The molecule has 0 saturated heterocycles. The SMILES string of the molecule is COc1cccc(C(=O)O[C@@H](C)C(=O)c2ccc(C)cc2)c1OC. The monoisotopic (exact) mass is 328 g/mol. The number of benzene rings is 2. The summed E-state index contributed by atoms with van der Waals surface area (Å²) in [4.78, 5) is 24.8. The van der Waals surface area contributed by atoms with E-state index >= 15 is 0 Å². The fraction of sp³-hybridized carbons (Fsp3) is 0.263. The van der Waals surface area contributed by atoms with Crippen LogP contribution in [0.2, 0.25) is 0 Å². The molecule has 0 aromatic heterocycles. The molecule has 0 N–H and O–H groups in total. The zero-order chi connectivity index (χ0) is 17.7. The first-order chi connectivity index (χ1) is 11.5. The van der Waals surface area contributed by atoms with Crippen molar-refractivity contribution in [2.24, 2.45) is 0 Å². The van der Waals surface area contributed by atoms with Gasteiger partial charge in [-0.1, -0.05) is 35.9 Å². The zero-order valence-electron chi connectivity index (χ0n) is 14.2. The van der Waals surface area contributed by atoms with Gasteiger partial charge in [0.15, 0.2) is 17.6 Å². The van der Waals surface area contributed by atoms with E-state index in [1.54, 1.807) is 37.3 Å². The lowest BCUT2D eigenvalue weighted by Crippen LogP contribution is -2.24. The minimum absolute atomic E-state index is 0.209. The van der Waals surface area contributed by atoms with Crippen molar-refractivity contribution in [1.82, 2.24) is 0 Å². The lowest BCUT2D eigenvalue weighted by atomic mass is 10.1. The second-order valence-corrected chi connectivity index (χ2v) is 5.32. The molecule has 5 heteroatoms. The molecule has 0 aliphatic rings. The number of rotatable bonds is 6. The summed E-state index contributed by atoms with van der Waals surface area (Å²) in [7, 11) is 2.92. The summed E-state index contributed by atoms with van der Waals surface area (Å²) in [6.45, 7) is 3.49. The van der Waals surface area contributed by atoms with Crippen molar-refractivity contribution in [2.75, 3.05) is 14.2 Å². The summed E-state index contributed by atoms with van der Waals surface area (Å²) in [5.41, 5.74) is 1.76. The van der Waals surface area contributed by atoms with Gasteiger partial charge in [-0.3, -0.25) is 4.79 Å². The van der Waals surface area contributed by atoms with Crippen molar-refractivity contribution >= 4 is 11.8 Å². The van der Waals surface area contributed by atoms with Gasteiger partial charge in [0.2, 0.25) is 5.78 Å². The van der Waals surface area contributed by atoms with Gasteiger partial charge in [-0.05, 0) is 26.0 Å². The molecule has 0 unspecified atom stereocenters. The fourth-order valence-electron chi connectivity index (χ4n) is 2.28. The van der Waals surface area contributed by atoms with Crippen molar-refractivity contribution in [2.45, 2.75) is 20.0 Å². The van der Waals surface area contributed by atoms with Crippen LogP contribution in [0.5, 0.6) is 11.5 Å². The molecule has 24 heavy (non-hydrogen) atoms. The third-order valence-corrected chi connectivity index (χ3v) is 3.61. The molecular weight excluding hydrogens is 308 g/mol. The molecule has 0 fully saturated rings. The summed E-state index contributed by atoms with van der Waals surface area (Å²) < 4.78 is 15.7. The van der Waals surface area contributed by atoms with E-state index in [0.29, 0.717) is 11.3 Å². The third-order valence-electron chi connectivity index (χ3n) is 3.61. The van der Waals surface area contributed by atoms with Gasteiger partial charge in [-0.15, -0.1) is 0 Å². The minimum atomic E-state index is -0.906. The number of ether oxygens (including phenoxy) is 3. The molecule has 0 saturated carbocycles. The molecule has 0 aliphatic heterocycles. The Balaban J connectivity index is 2.17. The molecular formula is C19H20O5. The van der Waals surface area contributed by atoms with E-state index in [0.717, 1.165) is 5.56 Å². The van der Waals surface area contributed by atoms with Gasteiger partial charge in [-0.25, -0.2) is 4.79 Å². The van der Waals surface area contributed by atoms with Gasteiger partial charge in [0.25, 0.3) is 0 Å². The van der Waals surface area contributed by atoms with Crippen LogP contribution in [0.4, 0.5) is 0 Å². The fourth-order valence-corrected chi connectivity index (χ4v) is 2.28. The van der Waals surface area contributed by atoms with Gasteiger partial charge < -0.3 is 14.2 Å². The second kappa shape index (κ2) is 7.64. The molecule has 2 aromatic carbocycles. The average molecular weight is 328 g/mol. The second-order valence-electron chi connectivity index (χ2n) is 5.32. The number of aryl methyl sites for hydroxylation is 1. The molecule has 2 aromatic rings. The lowest BCUT2D eigenvalue weighted by molar-refractivity contribution is 0.0315. The number of Topliss-reactive ketones (excluding diaryl/α,β-unsaturated/α-hetero) is 1. The molecule has 0 bridgehead atoms. The number of carbonyl (C=O) groups excluding carboxylic acids is 2. The first kappa shape index (κ1) is 17.5. The number of methoxy groups -OCH3 is 2. The summed E-state index contributed by atoms with van der Waals surface area (Å²) in [5, 5.41) is 0. The predicted molar refractivity (Wildman–Crippen MR) is 89.9 cm³/mol. The number of hydrogen-bond acceptors (Lipinski definition) is 5. The van der Waals surface area contributed by atoms with Crippen LogP contribution in [0.25, 0.3) is 0 Å². The van der Waals surface area contributed by atoms with Crippen molar-refractivity contribution in [1.29, 1.82) is 0 Å². The molecule has 126 valence electrons. The molecule has 0 aliphatic carbocycles. The van der Waals surface area contributed by atoms with E-state index in [4.69, 9.17) is 14.2 Å². The largest absolute Gasteiger partial charge is 0.493 e. The van der Waals surface area contributed by atoms with E-state index in [2.05, 4.69) is 0 Å². The zero-order valence-corrected chi connectivity index (χ0v) is 14.2. The summed E-state index contributed by atoms with van der Waals surface area (Å²) in [6.07, 6.45) is -0.906. The predicted octanol–water partition coefficient (Wildman–Crippen LogP) is 3.44. The van der Waals surface area contributed by atoms with Crippen LogP contribution in [0.15, 0.2) is 42.5 Å². The Kier molecular flexibility index (Phi) is 5.58. The Morgan fingerprint density at radius 1 is 0.958 bits per heavy atom. The highest BCUT2D eigenvalue weighted by Gasteiger charge is 2.23. The standard InChI is InChI=1S/C19H20O5/c1-12-8-10-14(11-9-12)17(20)13(2)24-19(21)15-6-5-7-16(22-3)18(15)23-4/h5-11,13H,1-4H3/t13-/m0/s1. The molecule has 0 spiro atoms.